The minimum Gasteiger partial charge on any atom is -0.396 e. The smallest absolute Gasteiger partial charge is 0.0891 e. The molecule has 1 N–H and O–H groups in total. The molecule has 0 aromatic heterocycles. The van der Waals surface area contributed by atoms with Crippen LogP contribution in [-0.4, -0.2) is 20.4 Å². The van der Waals surface area contributed by atoms with Gasteiger partial charge in [-0.2, -0.15) is 0 Å². The first-order valence-corrected chi connectivity index (χ1v) is 7.01. The molecule has 0 saturated heterocycles. The second-order valence-electron chi connectivity index (χ2n) is 4.02. The Labute approximate surface area is 94.7 Å². The van der Waals surface area contributed by atoms with Crippen molar-refractivity contribution in [3.05, 3.63) is 41.5 Å². The van der Waals surface area contributed by atoms with Crippen LogP contribution in [0.5, 0.6) is 0 Å². The molecule has 0 aliphatic heterocycles. The maximum absolute atomic E-state index is 9.86. The number of hydrogen-bond acceptors (Lipinski definition) is 1. The highest BCUT2D eigenvalue weighted by Crippen LogP contribution is 2.03. The average Bonchev–Trinajstić information content (AvgIpc) is 2.22. The maximum Gasteiger partial charge on any atom is 0.0891 e. The van der Waals surface area contributed by atoms with E-state index >= 15 is 0 Å². The number of aryl methyl sites for hydroxylation is 1. The molecule has 0 fully saturated rings. The van der Waals surface area contributed by atoms with Crippen molar-refractivity contribution in [2.24, 2.45) is 0 Å². The molecule has 0 amide bonds. The van der Waals surface area contributed by atoms with Gasteiger partial charge in [-0.1, -0.05) is 35.5 Å². The van der Waals surface area contributed by atoms with Crippen LogP contribution in [0, 0.1) is 13.8 Å². The van der Waals surface area contributed by atoms with E-state index < -0.39 is 9.52 Å². The van der Waals surface area contributed by atoms with Crippen molar-refractivity contribution < 1.29 is 5.11 Å². The molecule has 0 saturated carbocycles. The Morgan fingerprint density at radius 1 is 1.40 bits per heavy atom. The molecule has 0 aliphatic carbocycles. The Bertz CT molecular complexity index is 344. The largest absolute Gasteiger partial charge is 0.396 e. The predicted octanol–water partition coefficient (Wildman–Crippen LogP) is 1.38. The molecule has 1 aromatic carbocycles. The molecule has 15 heavy (non-hydrogen) atoms. The molecule has 1 aromatic rings. The van der Waals surface area contributed by atoms with Crippen molar-refractivity contribution in [1.29, 1.82) is 0 Å². The highest BCUT2D eigenvalue weighted by molar-refractivity contribution is 6.55. The first-order valence-electron chi connectivity index (χ1n) is 5.49. The van der Waals surface area contributed by atoms with Gasteiger partial charge >= 0.3 is 0 Å². The summed E-state index contributed by atoms with van der Waals surface area (Å²) >= 11 is 0. The van der Waals surface area contributed by atoms with Gasteiger partial charge in [-0.3, -0.25) is 0 Å². The van der Waals surface area contributed by atoms with Crippen LogP contribution in [0.1, 0.15) is 24.5 Å². The van der Waals surface area contributed by atoms with Crippen LogP contribution in [0.3, 0.4) is 0 Å². The molecule has 1 atom stereocenters. The number of allylic oxidation sites excluding steroid dienone is 1. The molecule has 2 heteroatoms. The first kappa shape index (κ1) is 12.2. The number of benzene rings is 1. The van der Waals surface area contributed by atoms with Crippen LogP contribution in [0.4, 0.5) is 0 Å². The van der Waals surface area contributed by atoms with E-state index in [1.807, 2.05) is 19.1 Å². The van der Waals surface area contributed by atoms with Crippen LogP contribution in [-0.2, 0) is 0 Å². The average molecular weight is 220 g/mol. The zero-order chi connectivity index (χ0) is 11.3. The zero-order valence-electron chi connectivity index (χ0n) is 9.83. The molecule has 0 radical (unpaired) electrons. The fourth-order valence-corrected chi connectivity index (χ4v) is 3.39. The second-order valence-corrected chi connectivity index (χ2v) is 6.13. The van der Waals surface area contributed by atoms with Crippen LogP contribution in [0.25, 0.3) is 0 Å². The standard InChI is InChI=1S/C13H20OSi/c1-4-5-9-13(14)15-12-8-6-7-10(2)11(12)3/h4-8,13-14H,9,15H2,1-3H3/b5-4-. The van der Waals surface area contributed by atoms with E-state index in [0.717, 1.165) is 6.42 Å². The van der Waals surface area contributed by atoms with Gasteiger partial charge in [-0.05, 0) is 38.3 Å². The molecule has 1 rings (SSSR count). The van der Waals surface area contributed by atoms with Crippen LogP contribution in [0.15, 0.2) is 30.4 Å². The Kier molecular flexibility index (Phi) is 4.79. The number of aliphatic hydroxyl groups excluding tert-OH is 1. The predicted molar refractivity (Wildman–Crippen MR) is 69.5 cm³/mol. The van der Waals surface area contributed by atoms with Crippen molar-refractivity contribution in [3.8, 4) is 0 Å². The third-order valence-corrected chi connectivity index (χ3v) is 4.83. The van der Waals surface area contributed by atoms with Crippen LogP contribution in [0.2, 0.25) is 0 Å². The Morgan fingerprint density at radius 2 is 2.13 bits per heavy atom. The van der Waals surface area contributed by atoms with Gasteiger partial charge in [-0.15, -0.1) is 0 Å². The summed E-state index contributed by atoms with van der Waals surface area (Å²) in [6.45, 7) is 6.28. The number of hydrogen-bond donors (Lipinski definition) is 1. The molecule has 1 unspecified atom stereocenters. The van der Waals surface area contributed by atoms with E-state index in [0.29, 0.717) is 0 Å². The van der Waals surface area contributed by atoms with Crippen molar-refractivity contribution >= 4 is 14.7 Å². The quantitative estimate of drug-likeness (QED) is 0.600. The minimum atomic E-state index is -0.553. The highest BCUT2D eigenvalue weighted by atomic mass is 28.2. The van der Waals surface area contributed by atoms with Gasteiger partial charge in [0.05, 0.1) is 9.52 Å². The van der Waals surface area contributed by atoms with E-state index in [2.05, 4.69) is 32.0 Å². The molecule has 0 spiro atoms. The third kappa shape index (κ3) is 3.65. The van der Waals surface area contributed by atoms with Crippen molar-refractivity contribution in [2.75, 3.05) is 0 Å². The van der Waals surface area contributed by atoms with Crippen molar-refractivity contribution in [2.45, 2.75) is 32.9 Å². The fraction of sp³-hybridized carbons (Fsp3) is 0.385. The zero-order valence-corrected chi connectivity index (χ0v) is 11.2. The fourth-order valence-electron chi connectivity index (χ4n) is 1.66. The summed E-state index contributed by atoms with van der Waals surface area (Å²) in [6, 6.07) is 6.38. The summed E-state index contributed by atoms with van der Waals surface area (Å²) in [6.07, 6.45) is 4.85. The van der Waals surface area contributed by atoms with Gasteiger partial charge in [-0.25, -0.2) is 0 Å². The normalized spacial score (nSPS) is 14.1. The van der Waals surface area contributed by atoms with Crippen molar-refractivity contribution in [1.82, 2.24) is 0 Å². The minimum absolute atomic E-state index is 0.123. The van der Waals surface area contributed by atoms with E-state index in [1.165, 1.54) is 16.3 Å². The summed E-state index contributed by atoms with van der Waals surface area (Å²) in [5.41, 5.74) is 2.57. The van der Waals surface area contributed by atoms with Crippen LogP contribution < -0.4 is 5.19 Å². The monoisotopic (exact) mass is 220 g/mol. The lowest BCUT2D eigenvalue weighted by Crippen LogP contribution is -2.29. The number of rotatable bonds is 4. The summed E-state index contributed by atoms with van der Waals surface area (Å²) in [5, 5.41) is 11.3. The van der Waals surface area contributed by atoms with Gasteiger partial charge < -0.3 is 5.11 Å². The molecule has 0 heterocycles. The van der Waals surface area contributed by atoms with Gasteiger partial charge in [0, 0.05) is 5.73 Å². The molecular weight excluding hydrogens is 200 g/mol. The van der Waals surface area contributed by atoms with E-state index in [4.69, 9.17) is 0 Å². The third-order valence-electron chi connectivity index (χ3n) is 2.82. The molecular formula is C13H20OSi. The molecule has 1 nitrogen and oxygen atoms in total. The van der Waals surface area contributed by atoms with Gasteiger partial charge in [0.15, 0.2) is 0 Å². The summed E-state index contributed by atoms with van der Waals surface area (Å²) in [5.74, 6) is 0. The van der Waals surface area contributed by atoms with Gasteiger partial charge in [0.25, 0.3) is 0 Å². The summed E-state index contributed by atoms with van der Waals surface area (Å²) in [4.78, 5) is 0. The SMILES string of the molecule is C/C=C\CC(O)[SiH2]c1cccc(C)c1C. The molecule has 82 valence electrons. The Balaban J connectivity index is 2.68. The summed E-state index contributed by atoms with van der Waals surface area (Å²) < 4.78 is 0. The molecule has 0 aliphatic rings. The topological polar surface area (TPSA) is 20.2 Å². The van der Waals surface area contributed by atoms with E-state index in [1.54, 1.807) is 0 Å². The second kappa shape index (κ2) is 5.88. The first-order chi connectivity index (χ1) is 7.15. The van der Waals surface area contributed by atoms with E-state index in [-0.39, 0.29) is 5.73 Å². The Morgan fingerprint density at radius 3 is 2.80 bits per heavy atom. The lowest BCUT2D eigenvalue weighted by Gasteiger charge is -2.11. The highest BCUT2D eigenvalue weighted by Gasteiger charge is 2.07. The van der Waals surface area contributed by atoms with Gasteiger partial charge in [0.2, 0.25) is 0 Å². The maximum atomic E-state index is 9.86. The lowest BCUT2D eigenvalue weighted by atomic mass is 10.1. The van der Waals surface area contributed by atoms with Crippen LogP contribution >= 0.6 is 0 Å². The molecule has 0 bridgehead atoms. The lowest BCUT2D eigenvalue weighted by molar-refractivity contribution is 0.257. The van der Waals surface area contributed by atoms with Crippen molar-refractivity contribution in [3.63, 3.8) is 0 Å². The summed E-state index contributed by atoms with van der Waals surface area (Å²) in [7, 11) is -0.553. The van der Waals surface area contributed by atoms with Gasteiger partial charge in [0.1, 0.15) is 0 Å². The number of aliphatic hydroxyl groups is 1. The van der Waals surface area contributed by atoms with E-state index in [9.17, 15) is 5.11 Å². The Hall–Kier alpha value is -0.863.